The van der Waals surface area contributed by atoms with Gasteiger partial charge in [0.15, 0.2) is 0 Å². The van der Waals surface area contributed by atoms with Gasteiger partial charge in [-0.1, -0.05) is 26.0 Å². The fourth-order valence-corrected chi connectivity index (χ4v) is 2.33. The van der Waals surface area contributed by atoms with Gasteiger partial charge in [0, 0.05) is 13.1 Å². The van der Waals surface area contributed by atoms with Crippen LogP contribution in [0.4, 0.5) is 0 Å². The van der Waals surface area contributed by atoms with Gasteiger partial charge in [-0.25, -0.2) is 0 Å². The van der Waals surface area contributed by atoms with Crippen LogP contribution in [0.15, 0.2) is 24.3 Å². The highest BCUT2D eigenvalue weighted by Gasteiger charge is 2.34. The van der Waals surface area contributed by atoms with Crippen molar-refractivity contribution in [3.05, 3.63) is 29.8 Å². The van der Waals surface area contributed by atoms with Crippen LogP contribution in [0.3, 0.4) is 0 Å². The number of benzene rings is 1. The molecule has 0 aromatic heterocycles. The van der Waals surface area contributed by atoms with Crippen LogP contribution in [-0.4, -0.2) is 23.7 Å². The van der Waals surface area contributed by atoms with Crippen LogP contribution in [-0.2, 0) is 11.3 Å². The summed E-state index contributed by atoms with van der Waals surface area (Å²) < 4.78 is 5.66. The van der Waals surface area contributed by atoms with Crippen LogP contribution in [0.1, 0.15) is 46.1 Å². The summed E-state index contributed by atoms with van der Waals surface area (Å²) in [6.07, 6.45) is 1.40. The molecule has 0 bridgehead atoms. The zero-order valence-corrected chi connectivity index (χ0v) is 13.5. The first-order chi connectivity index (χ1) is 9.93. The molecule has 21 heavy (non-hydrogen) atoms. The lowest BCUT2D eigenvalue weighted by Crippen LogP contribution is -2.40. The van der Waals surface area contributed by atoms with E-state index in [0.717, 1.165) is 11.3 Å². The molecule has 0 heterocycles. The number of carboxylic acid groups (broad SMARTS) is 1. The molecule has 1 rings (SSSR count). The van der Waals surface area contributed by atoms with Crippen LogP contribution in [0.5, 0.6) is 5.75 Å². The molecule has 2 N–H and O–H groups in total. The maximum atomic E-state index is 11.4. The minimum atomic E-state index is -0.725. The van der Waals surface area contributed by atoms with Gasteiger partial charge in [0.1, 0.15) is 5.75 Å². The number of ether oxygens (including phenoxy) is 1. The average Bonchev–Trinajstić information content (AvgIpc) is 2.43. The Morgan fingerprint density at radius 3 is 2.52 bits per heavy atom. The van der Waals surface area contributed by atoms with Crippen molar-refractivity contribution in [2.45, 2.75) is 53.2 Å². The van der Waals surface area contributed by atoms with Gasteiger partial charge in [-0.3, -0.25) is 4.79 Å². The van der Waals surface area contributed by atoms with Gasteiger partial charge < -0.3 is 15.2 Å². The second kappa shape index (κ2) is 8.03. The standard InChI is InChI=1S/C17H27NO3/c1-5-17(6-2,16(19)20)12-18-11-14-8-7-9-15(10-14)21-13(3)4/h7-10,13,18H,5-6,11-12H2,1-4H3,(H,19,20). The van der Waals surface area contributed by atoms with E-state index in [-0.39, 0.29) is 6.10 Å². The Balaban J connectivity index is 2.61. The summed E-state index contributed by atoms with van der Waals surface area (Å²) in [5.41, 5.74) is 0.422. The van der Waals surface area contributed by atoms with Gasteiger partial charge in [0.05, 0.1) is 11.5 Å². The Hall–Kier alpha value is -1.55. The maximum Gasteiger partial charge on any atom is 0.310 e. The van der Waals surface area contributed by atoms with E-state index in [9.17, 15) is 9.90 Å². The first kappa shape index (κ1) is 17.5. The fourth-order valence-electron chi connectivity index (χ4n) is 2.33. The largest absolute Gasteiger partial charge is 0.491 e. The van der Waals surface area contributed by atoms with Gasteiger partial charge in [-0.15, -0.1) is 0 Å². The summed E-state index contributed by atoms with van der Waals surface area (Å²) in [7, 11) is 0. The van der Waals surface area contributed by atoms with E-state index >= 15 is 0 Å². The van der Waals surface area contributed by atoms with Crippen LogP contribution < -0.4 is 10.1 Å². The average molecular weight is 293 g/mol. The molecule has 1 aromatic carbocycles. The van der Waals surface area contributed by atoms with E-state index in [2.05, 4.69) is 5.32 Å². The van der Waals surface area contributed by atoms with Gasteiger partial charge in [0.25, 0.3) is 0 Å². The van der Waals surface area contributed by atoms with Crippen LogP contribution in [0.2, 0.25) is 0 Å². The number of carboxylic acids is 1. The molecule has 118 valence electrons. The van der Waals surface area contributed by atoms with Crippen molar-refractivity contribution in [3.63, 3.8) is 0 Å². The van der Waals surface area contributed by atoms with Gasteiger partial charge in [-0.05, 0) is 44.4 Å². The summed E-state index contributed by atoms with van der Waals surface area (Å²) in [6, 6.07) is 7.90. The first-order valence-corrected chi connectivity index (χ1v) is 7.63. The van der Waals surface area contributed by atoms with E-state index < -0.39 is 11.4 Å². The highest BCUT2D eigenvalue weighted by Crippen LogP contribution is 2.26. The van der Waals surface area contributed by atoms with Crippen LogP contribution >= 0.6 is 0 Å². The highest BCUT2D eigenvalue weighted by atomic mass is 16.5. The minimum Gasteiger partial charge on any atom is -0.491 e. The number of carbonyl (C=O) groups is 1. The SMILES string of the molecule is CCC(CC)(CNCc1cccc(OC(C)C)c1)C(=O)O. The smallest absolute Gasteiger partial charge is 0.310 e. The van der Waals surface area contributed by atoms with Crippen molar-refractivity contribution < 1.29 is 14.6 Å². The molecule has 0 unspecified atom stereocenters. The van der Waals surface area contributed by atoms with Gasteiger partial charge in [0.2, 0.25) is 0 Å². The number of aliphatic carboxylic acids is 1. The summed E-state index contributed by atoms with van der Waals surface area (Å²) >= 11 is 0. The molecule has 0 aliphatic heterocycles. The van der Waals surface area contributed by atoms with Crippen LogP contribution in [0.25, 0.3) is 0 Å². The predicted octanol–water partition coefficient (Wildman–Crippen LogP) is 3.45. The molecule has 0 fully saturated rings. The molecule has 0 aliphatic carbocycles. The Morgan fingerprint density at radius 1 is 1.33 bits per heavy atom. The van der Waals surface area contributed by atoms with Gasteiger partial charge >= 0.3 is 5.97 Å². The lowest BCUT2D eigenvalue weighted by molar-refractivity contribution is -0.149. The van der Waals surface area contributed by atoms with Crippen molar-refractivity contribution >= 4 is 5.97 Å². The Labute approximate surface area is 127 Å². The van der Waals surface area contributed by atoms with Crippen LogP contribution in [0, 0.1) is 5.41 Å². The number of hydrogen-bond donors (Lipinski definition) is 2. The van der Waals surface area contributed by atoms with E-state index in [0.29, 0.717) is 25.9 Å². The molecule has 0 saturated heterocycles. The molecule has 4 heteroatoms. The summed E-state index contributed by atoms with van der Waals surface area (Å²) in [5.74, 6) is 0.122. The normalized spacial score (nSPS) is 11.7. The topological polar surface area (TPSA) is 58.6 Å². The van der Waals surface area contributed by atoms with Crippen molar-refractivity contribution in [1.29, 1.82) is 0 Å². The number of hydrogen-bond acceptors (Lipinski definition) is 3. The van der Waals surface area contributed by atoms with E-state index in [1.165, 1.54) is 0 Å². The third kappa shape index (κ3) is 5.05. The van der Waals surface area contributed by atoms with Crippen molar-refractivity contribution in [2.24, 2.45) is 5.41 Å². The quantitative estimate of drug-likeness (QED) is 0.732. The van der Waals surface area contributed by atoms with Crippen molar-refractivity contribution in [1.82, 2.24) is 5.32 Å². The predicted molar refractivity (Wildman–Crippen MR) is 84.6 cm³/mol. The second-order valence-electron chi connectivity index (χ2n) is 5.71. The third-order valence-electron chi connectivity index (χ3n) is 3.87. The van der Waals surface area contributed by atoms with Crippen molar-refractivity contribution in [3.8, 4) is 5.75 Å². The molecular weight excluding hydrogens is 266 g/mol. The summed E-state index contributed by atoms with van der Waals surface area (Å²) in [4.78, 5) is 11.4. The zero-order chi connectivity index (χ0) is 15.9. The lowest BCUT2D eigenvalue weighted by Gasteiger charge is -2.27. The molecule has 0 atom stereocenters. The third-order valence-corrected chi connectivity index (χ3v) is 3.87. The van der Waals surface area contributed by atoms with Gasteiger partial charge in [-0.2, -0.15) is 0 Å². The molecule has 0 aliphatic rings. The number of rotatable bonds is 9. The lowest BCUT2D eigenvalue weighted by atomic mass is 9.82. The Morgan fingerprint density at radius 2 is 2.00 bits per heavy atom. The van der Waals surface area contributed by atoms with Crippen molar-refractivity contribution in [2.75, 3.05) is 6.54 Å². The summed E-state index contributed by atoms with van der Waals surface area (Å²) in [6.45, 7) is 8.96. The Kier molecular flexibility index (Phi) is 6.69. The molecular formula is C17H27NO3. The maximum absolute atomic E-state index is 11.4. The second-order valence-corrected chi connectivity index (χ2v) is 5.71. The molecule has 4 nitrogen and oxygen atoms in total. The molecule has 0 saturated carbocycles. The fraction of sp³-hybridized carbons (Fsp3) is 0.588. The van der Waals surface area contributed by atoms with E-state index in [1.807, 2.05) is 52.0 Å². The first-order valence-electron chi connectivity index (χ1n) is 7.63. The molecule has 1 aromatic rings. The van der Waals surface area contributed by atoms with E-state index in [1.54, 1.807) is 0 Å². The zero-order valence-electron chi connectivity index (χ0n) is 13.5. The van der Waals surface area contributed by atoms with E-state index in [4.69, 9.17) is 4.74 Å². The molecule has 0 spiro atoms. The summed E-state index contributed by atoms with van der Waals surface area (Å²) in [5, 5.41) is 12.7. The minimum absolute atomic E-state index is 0.146. The monoisotopic (exact) mass is 293 g/mol. The highest BCUT2D eigenvalue weighted by molar-refractivity contribution is 5.74. The molecule has 0 radical (unpaired) electrons. The molecule has 0 amide bonds. The Bertz CT molecular complexity index is 453. The number of nitrogens with one attached hydrogen (secondary N) is 1.